The summed E-state index contributed by atoms with van der Waals surface area (Å²) in [5.74, 6) is 0. The fourth-order valence-corrected chi connectivity index (χ4v) is 1.86. The van der Waals surface area contributed by atoms with Crippen LogP contribution >= 0.6 is 0 Å². The van der Waals surface area contributed by atoms with E-state index in [1.807, 2.05) is 0 Å². The Morgan fingerprint density at radius 3 is 2.46 bits per heavy atom. The SMILES string of the molecule is CCC1(C)CN(C(C)(C)C)CCN1. The molecule has 2 nitrogen and oxygen atoms in total. The molecule has 1 unspecified atom stereocenters. The minimum Gasteiger partial charge on any atom is -0.309 e. The first-order valence-corrected chi connectivity index (χ1v) is 5.37. The fourth-order valence-electron chi connectivity index (χ4n) is 1.86. The van der Waals surface area contributed by atoms with Crippen LogP contribution in [0.5, 0.6) is 0 Å². The molecule has 1 atom stereocenters. The molecule has 78 valence electrons. The second kappa shape index (κ2) is 3.58. The Bertz CT molecular complexity index is 171. The summed E-state index contributed by atoms with van der Waals surface area (Å²) in [4.78, 5) is 2.58. The Hall–Kier alpha value is -0.0800. The third kappa shape index (κ3) is 2.68. The van der Waals surface area contributed by atoms with Gasteiger partial charge in [0.05, 0.1) is 0 Å². The average molecular weight is 184 g/mol. The molecule has 1 aliphatic heterocycles. The van der Waals surface area contributed by atoms with Gasteiger partial charge in [0.25, 0.3) is 0 Å². The molecule has 0 bridgehead atoms. The molecule has 1 saturated heterocycles. The van der Waals surface area contributed by atoms with Crippen molar-refractivity contribution in [3.05, 3.63) is 0 Å². The van der Waals surface area contributed by atoms with Crippen LogP contribution in [0.3, 0.4) is 0 Å². The minimum atomic E-state index is 0.318. The van der Waals surface area contributed by atoms with Gasteiger partial charge in [-0.15, -0.1) is 0 Å². The van der Waals surface area contributed by atoms with Crippen LogP contribution in [-0.4, -0.2) is 35.6 Å². The molecule has 2 heteroatoms. The lowest BCUT2D eigenvalue weighted by Crippen LogP contribution is -2.62. The van der Waals surface area contributed by atoms with Crippen molar-refractivity contribution in [1.29, 1.82) is 0 Å². The second-order valence-corrected chi connectivity index (χ2v) is 5.43. The monoisotopic (exact) mass is 184 g/mol. The maximum absolute atomic E-state index is 3.61. The van der Waals surface area contributed by atoms with Gasteiger partial charge in [0.1, 0.15) is 0 Å². The molecule has 0 radical (unpaired) electrons. The van der Waals surface area contributed by atoms with Crippen molar-refractivity contribution in [3.8, 4) is 0 Å². The first kappa shape index (κ1) is 11.0. The first-order chi connectivity index (χ1) is 5.87. The van der Waals surface area contributed by atoms with E-state index in [9.17, 15) is 0 Å². The molecule has 0 aromatic rings. The van der Waals surface area contributed by atoms with Crippen LogP contribution in [0, 0.1) is 0 Å². The number of piperazine rings is 1. The van der Waals surface area contributed by atoms with Gasteiger partial charge >= 0.3 is 0 Å². The normalized spacial score (nSPS) is 32.1. The summed E-state index contributed by atoms with van der Waals surface area (Å²) in [6.45, 7) is 15.0. The van der Waals surface area contributed by atoms with Crippen molar-refractivity contribution in [2.24, 2.45) is 0 Å². The first-order valence-electron chi connectivity index (χ1n) is 5.37. The molecular formula is C11H24N2. The summed E-state index contributed by atoms with van der Waals surface area (Å²) in [5, 5.41) is 3.61. The van der Waals surface area contributed by atoms with Gasteiger partial charge in [-0.1, -0.05) is 6.92 Å². The van der Waals surface area contributed by atoms with Crippen LogP contribution in [0.1, 0.15) is 41.0 Å². The van der Waals surface area contributed by atoms with Gasteiger partial charge in [-0.2, -0.15) is 0 Å². The van der Waals surface area contributed by atoms with Gasteiger partial charge in [-0.3, -0.25) is 4.90 Å². The molecule has 1 heterocycles. The maximum atomic E-state index is 3.61. The Morgan fingerprint density at radius 1 is 1.38 bits per heavy atom. The van der Waals surface area contributed by atoms with E-state index in [2.05, 4.69) is 44.8 Å². The highest BCUT2D eigenvalue weighted by Gasteiger charge is 2.33. The minimum absolute atomic E-state index is 0.318. The number of hydrogen-bond acceptors (Lipinski definition) is 2. The Morgan fingerprint density at radius 2 is 2.00 bits per heavy atom. The lowest BCUT2D eigenvalue weighted by atomic mass is 9.92. The molecule has 0 saturated carbocycles. The van der Waals surface area contributed by atoms with E-state index in [-0.39, 0.29) is 0 Å². The average Bonchev–Trinajstić information content (AvgIpc) is 2.03. The van der Waals surface area contributed by atoms with Crippen molar-refractivity contribution in [1.82, 2.24) is 10.2 Å². The van der Waals surface area contributed by atoms with E-state index in [1.165, 1.54) is 19.5 Å². The Labute approximate surface area is 82.7 Å². The molecular weight excluding hydrogens is 160 g/mol. The standard InChI is InChI=1S/C11H24N2/c1-6-11(5)9-13(8-7-12-11)10(2,3)4/h12H,6-9H2,1-5H3. The van der Waals surface area contributed by atoms with Gasteiger partial charge in [-0.05, 0) is 34.1 Å². The predicted octanol–water partition coefficient (Wildman–Crippen LogP) is 1.86. The summed E-state index contributed by atoms with van der Waals surface area (Å²) in [5.41, 5.74) is 0.643. The van der Waals surface area contributed by atoms with Crippen molar-refractivity contribution in [2.45, 2.75) is 52.1 Å². The maximum Gasteiger partial charge on any atom is 0.0278 e. The molecule has 1 aliphatic rings. The lowest BCUT2D eigenvalue weighted by molar-refractivity contribution is 0.0608. The van der Waals surface area contributed by atoms with E-state index in [4.69, 9.17) is 0 Å². The van der Waals surface area contributed by atoms with Crippen molar-refractivity contribution < 1.29 is 0 Å². The lowest BCUT2D eigenvalue weighted by Gasteiger charge is -2.47. The highest BCUT2D eigenvalue weighted by atomic mass is 15.3. The van der Waals surface area contributed by atoms with E-state index < -0.39 is 0 Å². The third-order valence-electron chi connectivity index (χ3n) is 3.20. The second-order valence-electron chi connectivity index (χ2n) is 5.43. The van der Waals surface area contributed by atoms with E-state index in [0.717, 1.165) is 6.54 Å². The van der Waals surface area contributed by atoms with Gasteiger partial charge in [0, 0.05) is 30.7 Å². The zero-order chi connectivity index (χ0) is 10.1. The highest BCUT2D eigenvalue weighted by Crippen LogP contribution is 2.21. The van der Waals surface area contributed by atoms with E-state index >= 15 is 0 Å². The molecule has 0 aromatic carbocycles. The number of rotatable bonds is 1. The van der Waals surface area contributed by atoms with E-state index in [1.54, 1.807) is 0 Å². The Balaban J connectivity index is 2.62. The predicted molar refractivity (Wildman–Crippen MR) is 58.0 cm³/mol. The molecule has 1 rings (SSSR count). The number of nitrogens with zero attached hydrogens (tertiary/aromatic N) is 1. The zero-order valence-electron chi connectivity index (χ0n) is 9.78. The van der Waals surface area contributed by atoms with Crippen LogP contribution < -0.4 is 5.32 Å². The highest BCUT2D eigenvalue weighted by molar-refractivity contribution is 4.93. The molecule has 0 aliphatic carbocycles. The van der Waals surface area contributed by atoms with Gasteiger partial charge < -0.3 is 5.32 Å². The summed E-state index contributed by atoms with van der Waals surface area (Å²) < 4.78 is 0. The molecule has 1 fully saturated rings. The molecule has 1 N–H and O–H groups in total. The topological polar surface area (TPSA) is 15.3 Å². The van der Waals surface area contributed by atoms with Crippen LogP contribution in [0.4, 0.5) is 0 Å². The quantitative estimate of drug-likeness (QED) is 0.669. The van der Waals surface area contributed by atoms with Gasteiger partial charge in [0.2, 0.25) is 0 Å². The fraction of sp³-hybridized carbons (Fsp3) is 1.00. The van der Waals surface area contributed by atoms with Crippen LogP contribution in [0.15, 0.2) is 0 Å². The third-order valence-corrected chi connectivity index (χ3v) is 3.20. The smallest absolute Gasteiger partial charge is 0.0278 e. The van der Waals surface area contributed by atoms with Gasteiger partial charge in [-0.25, -0.2) is 0 Å². The van der Waals surface area contributed by atoms with Crippen molar-refractivity contribution >= 4 is 0 Å². The van der Waals surface area contributed by atoms with Crippen LogP contribution in [0.2, 0.25) is 0 Å². The number of nitrogens with one attached hydrogen (secondary N) is 1. The molecule has 13 heavy (non-hydrogen) atoms. The van der Waals surface area contributed by atoms with Crippen LogP contribution in [-0.2, 0) is 0 Å². The van der Waals surface area contributed by atoms with Crippen LogP contribution in [0.25, 0.3) is 0 Å². The number of hydrogen-bond donors (Lipinski definition) is 1. The van der Waals surface area contributed by atoms with Crippen molar-refractivity contribution in [2.75, 3.05) is 19.6 Å². The summed E-state index contributed by atoms with van der Waals surface area (Å²) in [7, 11) is 0. The summed E-state index contributed by atoms with van der Waals surface area (Å²) >= 11 is 0. The van der Waals surface area contributed by atoms with E-state index in [0.29, 0.717) is 11.1 Å². The molecule has 0 aromatic heterocycles. The zero-order valence-corrected chi connectivity index (χ0v) is 9.78. The largest absolute Gasteiger partial charge is 0.309 e. The molecule has 0 amide bonds. The summed E-state index contributed by atoms with van der Waals surface area (Å²) in [6, 6.07) is 0. The van der Waals surface area contributed by atoms with Crippen molar-refractivity contribution in [3.63, 3.8) is 0 Å². The molecule has 0 spiro atoms. The Kier molecular flexibility index (Phi) is 3.03. The summed E-state index contributed by atoms with van der Waals surface area (Å²) in [6.07, 6.45) is 1.21. The van der Waals surface area contributed by atoms with Gasteiger partial charge in [0.15, 0.2) is 0 Å².